The predicted molar refractivity (Wildman–Crippen MR) is 150 cm³/mol. The molecule has 2 aromatic carbocycles. The fourth-order valence-electron chi connectivity index (χ4n) is 4.97. The van der Waals surface area contributed by atoms with Crippen molar-refractivity contribution in [3.05, 3.63) is 70.9 Å². The van der Waals surface area contributed by atoms with E-state index in [1.54, 1.807) is 25.3 Å². The first-order valence-corrected chi connectivity index (χ1v) is 13.8. The van der Waals surface area contributed by atoms with Crippen molar-refractivity contribution in [3.8, 4) is 11.5 Å². The average molecular weight is 565 g/mol. The Hall–Kier alpha value is -4.09. The molecule has 1 saturated heterocycles. The molecule has 1 aromatic heterocycles. The fourth-order valence-corrected chi connectivity index (χ4v) is 4.97. The molecular weight excluding hydrogens is 528 g/mol. The smallest absolute Gasteiger partial charge is 0.407 e. The maximum atomic E-state index is 13.2. The van der Waals surface area contributed by atoms with Crippen molar-refractivity contribution in [2.24, 2.45) is 0 Å². The van der Waals surface area contributed by atoms with Gasteiger partial charge in [0.05, 0.1) is 20.3 Å². The van der Waals surface area contributed by atoms with Crippen LogP contribution in [0.25, 0.3) is 0 Å². The Morgan fingerprint density at radius 2 is 1.85 bits per heavy atom. The van der Waals surface area contributed by atoms with Crippen molar-refractivity contribution in [1.82, 2.24) is 15.5 Å². The molecule has 1 aliphatic carbocycles. The highest BCUT2D eigenvalue weighted by atomic mass is 16.7. The Kier molecular flexibility index (Phi) is 9.05. The third-order valence-electron chi connectivity index (χ3n) is 7.05. The number of aromatic nitrogens is 2. The van der Waals surface area contributed by atoms with Gasteiger partial charge in [-0.15, -0.1) is 0 Å². The number of methoxy groups -OCH3 is 1. The maximum absolute atomic E-state index is 13.2. The summed E-state index contributed by atoms with van der Waals surface area (Å²) in [6.45, 7) is 5.06. The van der Waals surface area contributed by atoms with Crippen LogP contribution in [0, 0.1) is 0 Å². The molecule has 0 spiro atoms. The fraction of sp³-hybridized carbons (Fsp3) is 0.433. The zero-order chi connectivity index (χ0) is 28.8. The van der Waals surface area contributed by atoms with E-state index in [0.717, 1.165) is 35.4 Å². The number of nitrogens with zero attached hydrogens (tertiary/aromatic N) is 1. The summed E-state index contributed by atoms with van der Waals surface area (Å²) in [5.74, 6) is 1.52. The molecule has 41 heavy (non-hydrogen) atoms. The molecule has 0 bridgehead atoms. The normalized spacial score (nSPS) is 18.8. The lowest BCUT2D eigenvalue weighted by atomic mass is 10.0. The first-order valence-electron chi connectivity index (χ1n) is 13.8. The summed E-state index contributed by atoms with van der Waals surface area (Å²) < 4.78 is 28.3. The lowest BCUT2D eigenvalue weighted by molar-refractivity contribution is -0.0458. The van der Waals surface area contributed by atoms with Crippen LogP contribution in [0.3, 0.4) is 0 Å². The number of nitrogens with one attached hydrogen (secondary N) is 3. The van der Waals surface area contributed by atoms with Gasteiger partial charge < -0.3 is 34.3 Å². The first kappa shape index (κ1) is 28.4. The summed E-state index contributed by atoms with van der Waals surface area (Å²) in [6.07, 6.45) is 1.23. The van der Waals surface area contributed by atoms with Crippen LogP contribution in [0.1, 0.15) is 72.5 Å². The van der Waals surface area contributed by atoms with E-state index in [-0.39, 0.29) is 24.0 Å². The van der Waals surface area contributed by atoms with Gasteiger partial charge in [0.25, 0.3) is 5.91 Å². The van der Waals surface area contributed by atoms with Gasteiger partial charge in [0.2, 0.25) is 0 Å². The summed E-state index contributed by atoms with van der Waals surface area (Å²) in [5.41, 5.74) is 2.97. The van der Waals surface area contributed by atoms with Crippen LogP contribution in [-0.2, 0) is 20.8 Å². The number of aromatic amines is 1. The summed E-state index contributed by atoms with van der Waals surface area (Å²) in [4.78, 5) is 25.1. The Morgan fingerprint density at radius 3 is 2.59 bits per heavy atom. The number of benzene rings is 2. The predicted octanol–water partition coefficient (Wildman–Crippen LogP) is 5.07. The van der Waals surface area contributed by atoms with Gasteiger partial charge >= 0.3 is 6.09 Å². The molecule has 11 heteroatoms. The van der Waals surface area contributed by atoms with Crippen molar-refractivity contribution in [1.29, 1.82) is 0 Å². The average Bonchev–Trinajstić information content (AvgIpc) is 3.74. The maximum Gasteiger partial charge on any atom is 0.407 e. The summed E-state index contributed by atoms with van der Waals surface area (Å²) >= 11 is 0. The van der Waals surface area contributed by atoms with Gasteiger partial charge in [0, 0.05) is 34.8 Å². The topological polar surface area (TPSA) is 133 Å². The van der Waals surface area contributed by atoms with E-state index in [4.69, 9.17) is 23.7 Å². The monoisotopic (exact) mass is 564 g/mol. The molecule has 2 amide bonds. The second kappa shape index (κ2) is 13.0. The van der Waals surface area contributed by atoms with Crippen molar-refractivity contribution in [3.63, 3.8) is 0 Å². The number of hydrogen-bond acceptors (Lipinski definition) is 8. The van der Waals surface area contributed by atoms with E-state index in [1.807, 2.05) is 44.2 Å². The van der Waals surface area contributed by atoms with Crippen molar-refractivity contribution >= 4 is 17.8 Å². The van der Waals surface area contributed by atoms with Crippen LogP contribution < -0.4 is 20.1 Å². The number of H-pyrrole nitrogens is 1. The van der Waals surface area contributed by atoms with Crippen LogP contribution in [0.15, 0.2) is 48.5 Å². The SMILES string of the molecule is COc1ccc(COc2cc(C(=O)Nc3cc([C@H]4CC[C@@H](OC(=O)NC(C)C)C4)[nH]n3)ccc2C2OCCO2)cc1. The van der Waals surface area contributed by atoms with Crippen molar-refractivity contribution in [2.75, 3.05) is 25.6 Å². The van der Waals surface area contributed by atoms with Gasteiger partial charge in [0.1, 0.15) is 24.2 Å². The molecule has 0 radical (unpaired) electrons. The molecule has 2 aliphatic rings. The van der Waals surface area contributed by atoms with Gasteiger partial charge in [0.15, 0.2) is 12.1 Å². The van der Waals surface area contributed by atoms with Gasteiger partial charge in [-0.25, -0.2) is 4.79 Å². The third kappa shape index (κ3) is 7.36. The van der Waals surface area contributed by atoms with Gasteiger partial charge in [-0.05, 0) is 69.0 Å². The number of hydrogen-bond donors (Lipinski definition) is 3. The van der Waals surface area contributed by atoms with Crippen LogP contribution in [0.2, 0.25) is 0 Å². The minimum absolute atomic E-state index is 0.0233. The van der Waals surface area contributed by atoms with Crippen LogP contribution in [0.5, 0.6) is 11.5 Å². The minimum atomic E-state index is -0.553. The number of amides is 2. The second-order valence-electron chi connectivity index (χ2n) is 10.5. The van der Waals surface area contributed by atoms with E-state index in [0.29, 0.717) is 43.4 Å². The molecule has 11 nitrogen and oxygen atoms in total. The number of alkyl carbamates (subject to hydrolysis) is 1. The van der Waals surface area contributed by atoms with Crippen molar-refractivity contribution < 1.29 is 33.3 Å². The van der Waals surface area contributed by atoms with Gasteiger partial charge in [-0.2, -0.15) is 5.10 Å². The molecule has 3 N–H and O–H groups in total. The van der Waals surface area contributed by atoms with E-state index < -0.39 is 12.4 Å². The number of carbonyl (C=O) groups is 2. The molecule has 0 unspecified atom stereocenters. The molecule has 1 saturated carbocycles. The van der Waals surface area contributed by atoms with E-state index in [9.17, 15) is 9.59 Å². The van der Waals surface area contributed by atoms with Crippen LogP contribution >= 0.6 is 0 Å². The first-order chi connectivity index (χ1) is 19.9. The van der Waals surface area contributed by atoms with Crippen LogP contribution in [0.4, 0.5) is 10.6 Å². The van der Waals surface area contributed by atoms with Crippen LogP contribution in [-0.4, -0.2) is 54.7 Å². The van der Waals surface area contributed by atoms with Gasteiger partial charge in [-0.1, -0.05) is 12.1 Å². The van der Waals surface area contributed by atoms with E-state index in [1.165, 1.54) is 0 Å². The Balaban J connectivity index is 1.23. The zero-order valence-electron chi connectivity index (χ0n) is 23.5. The summed E-state index contributed by atoms with van der Waals surface area (Å²) in [5, 5.41) is 12.9. The Bertz CT molecular complexity index is 1330. The number of carbonyl (C=O) groups excluding carboxylic acids is 2. The largest absolute Gasteiger partial charge is 0.497 e. The van der Waals surface area contributed by atoms with E-state index in [2.05, 4.69) is 20.8 Å². The number of anilines is 1. The molecule has 2 heterocycles. The van der Waals surface area contributed by atoms with Crippen molar-refractivity contribution in [2.45, 2.75) is 64.1 Å². The molecule has 5 rings (SSSR count). The highest BCUT2D eigenvalue weighted by Crippen LogP contribution is 2.36. The minimum Gasteiger partial charge on any atom is -0.497 e. The molecule has 1 aliphatic heterocycles. The molecule has 2 atom stereocenters. The quantitative estimate of drug-likeness (QED) is 0.311. The lowest BCUT2D eigenvalue weighted by Gasteiger charge is -2.17. The molecule has 3 aromatic rings. The Labute approximate surface area is 238 Å². The zero-order valence-corrected chi connectivity index (χ0v) is 23.5. The number of ether oxygens (including phenoxy) is 5. The standard InChI is InChI=1S/C30H36N4O7/c1-18(2)31-30(36)41-23-10-6-20(14-23)25-16-27(34-33-25)32-28(35)21-7-11-24(29-38-12-13-39-29)26(15-21)40-17-19-4-8-22(37-3)9-5-19/h4-5,7-9,11,15-16,18,20,23,29H,6,10,12-14,17H2,1-3H3,(H,31,36)(H2,32,33,34,35)/t20-,23+/m0/s1. The number of rotatable bonds is 10. The summed E-state index contributed by atoms with van der Waals surface area (Å²) in [7, 11) is 1.62. The lowest BCUT2D eigenvalue weighted by Crippen LogP contribution is -2.33. The second-order valence-corrected chi connectivity index (χ2v) is 10.5. The molecule has 2 fully saturated rings. The summed E-state index contributed by atoms with van der Waals surface area (Å²) in [6, 6.07) is 14.6. The van der Waals surface area contributed by atoms with E-state index >= 15 is 0 Å². The molecule has 218 valence electrons. The highest BCUT2D eigenvalue weighted by Gasteiger charge is 2.30. The molecular formula is C30H36N4O7. The highest BCUT2D eigenvalue weighted by molar-refractivity contribution is 6.04. The third-order valence-corrected chi connectivity index (χ3v) is 7.05. The van der Waals surface area contributed by atoms with Gasteiger partial charge in [-0.3, -0.25) is 9.89 Å². The Morgan fingerprint density at radius 1 is 1.07 bits per heavy atom.